The van der Waals surface area contributed by atoms with Crippen LogP contribution >= 0.6 is 11.6 Å². The molecule has 0 saturated carbocycles. The van der Waals surface area contributed by atoms with E-state index in [0.29, 0.717) is 6.61 Å². The molecule has 1 aliphatic heterocycles. The normalized spacial score (nSPS) is 18.7. The molecule has 0 aromatic carbocycles. The van der Waals surface area contributed by atoms with Crippen molar-refractivity contribution in [2.24, 2.45) is 0 Å². The molecule has 0 radical (unpaired) electrons. The van der Waals surface area contributed by atoms with E-state index in [1.165, 1.54) is 17.3 Å². The number of aromatic nitrogens is 6. The van der Waals surface area contributed by atoms with E-state index >= 15 is 0 Å². The van der Waals surface area contributed by atoms with Gasteiger partial charge in [-0.1, -0.05) is 0 Å². The smallest absolute Gasteiger partial charge is 0.322 e. The van der Waals surface area contributed by atoms with E-state index in [2.05, 4.69) is 25.0 Å². The van der Waals surface area contributed by atoms with E-state index in [1.54, 1.807) is 0 Å². The molecule has 1 atom stereocenters. The Morgan fingerprint density at radius 1 is 1.42 bits per heavy atom. The Hall–Kier alpha value is -1.80. The monoisotopic (exact) mass is 282 g/mol. The average molecular weight is 283 g/mol. The van der Waals surface area contributed by atoms with Gasteiger partial charge in [0.1, 0.15) is 19.3 Å². The second-order valence-electron chi connectivity index (χ2n) is 3.97. The molecule has 1 saturated heterocycles. The maximum atomic E-state index is 5.83. The van der Waals surface area contributed by atoms with Crippen molar-refractivity contribution in [3.63, 3.8) is 0 Å². The molecule has 100 valence electrons. The Bertz CT molecular complexity index is 543. The molecule has 19 heavy (non-hydrogen) atoms. The third kappa shape index (κ3) is 2.96. The predicted octanol–water partition coefficient (Wildman–Crippen LogP) is 0.663. The molecule has 0 bridgehead atoms. The van der Waals surface area contributed by atoms with Crippen molar-refractivity contribution in [1.29, 1.82) is 0 Å². The van der Waals surface area contributed by atoms with Crippen LogP contribution in [-0.4, -0.2) is 49.0 Å². The lowest BCUT2D eigenvalue weighted by Gasteiger charge is -2.10. The summed E-state index contributed by atoms with van der Waals surface area (Å²) in [5, 5.41) is 3.96. The molecule has 0 spiro atoms. The summed E-state index contributed by atoms with van der Waals surface area (Å²) in [4.78, 5) is 15.8. The number of hydrogen-bond acceptors (Lipinski definition) is 7. The fourth-order valence-electron chi connectivity index (χ4n) is 1.74. The molecule has 1 aliphatic rings. The minimum atomic E-state index is 0.0443. The third-order valence-electron chi connectivity index (χ3n) is 2.62. The highest BCUT2D eigenvalue weighted by molar-refractivity contribution is 6.28. The molecule has 3 heterocycles. The quantitative estimate of drug-likeness (QED) is 0.814. The number of halogens is 1. The second kappa shape index (κ2) is 5.45. The van der Waals surface area contributed by atoms with Gasteiger partial charge in [-0.3, -0.25) is 0 Å². The number of rotatable bonds is 4. The summed E-state index contributed by atoms with van der Waals surface area (Å²) < 4.78 is 12.3. The molecule has 0 aliphatic carbocycles. The summed E-state index contributed by atoms with van der Waals surface area (Å²) in [6, 6.07) is 0.154. The van der Waals surface area contributed by atoms with E-state index in [0.717, 1.165) is 19.4 Å². The molecule has 0 amide bonds. The average Bonchev–Trinajstić information content (AvgIpc) is 3.09. The van der Waals surface area contributed by atoms with Crippen LogP contribution in [0.5, 0.6) is 6.01 Å². The van der Waals surface area contributed by atoms with Crippen molar-refractivity contribution in [1.82, 2.24) is 29.7 Å². The van der Waals surface area contributed by atoms with E-state index in [9.17, 15) is 0 Å². The predicted molar refractivity (Wildman–Crippen MR) is 64.2 cm³/mol. The van der Waals surface area contributed by atoms with Gasteiger partial charge >= 0.3 is 6.01 Å². The van der Waals surface area contributed by atoms with E-state index < -0.39 is 0 Å². The SMILES string of the molecule is Clc1nc(OCC2CCCO2)nc(-n2cncn2)n1. The van der Waals surface area contributed by atoms with Gasteiger partial charge in [-0.25, -0.2) is 4.98 Å². The number of hydrogen-bond donors (Lipinski definition) is 0. The van der Waals surface area contributed by atoms with Crippen LogP contribution in [0.1, 0.15) is 12.8 Å². The Morgan fingerprint density at radius 3 is 3.11 bits per heavy atom. The van der Waals surface area contributed by atoms with Crippen molar-refractivity contribution in [3.8, 4) is 12.0 Å². The largest absolute Gasteiger partial charge is 0.461 e. The number of nitrogens with zero attached hydrogens (tertiary/aromatic N) is 6. The van der Waals surface area contributed by atoms with E-state index in [1.807, 2.05) is 0 Å². The fourth-order valence-corrected chi connectivity index (χ4v) is 1.89. The molecule has 1 fully saturated rings. The minimum Gasteiger partial charge on any atom is -0.461 e. The molecule has 3 rings (SSSR count). The zero-order valence-electron chi connectivity index (χ0n) is 9.94. The van der Waals surface area contributed by atoms with Crippen LogP contribution in [0.15, 0.2) is 12.7 Å². The first-order valence-corrected chi connectivity index (χ1v) is 6.20. The zero-order chi connectivity index (χ0) is 13.1. The second-order valence-corrected chi connectivity index (χ2v) is 4.31. The van der Waals surface area contributed by atoms with Gasteiger partial charge in [0.05, 0.1) is 6.10 Å². The van der Waals surface area contributed by atoms with Crippen molar-refractivity contribution in [2.75, 3.05) is 13.2 Å². The maximum absolute atomic E-state index is 5.83. The summed E-state index contributed by atoms with van der Waals surface area (Å²) in [5.74, 6) is 0.264. The Labute approximate surface area is 113 Å². The summed E-state index contributed by atoms with van der Waals surface area (Å²) in [6.07, 6.45) is 4.97. The standard InChI is InChI=1S/C10H11ClN6O2/c11-8-14-9(17-6-12-5-13-17)16-10(15-8)19-4-7-2-1-3-18-7/h5-7H,1-4H2. The van der Waals surface area contributed by atoms with Gasteiger partial charge in [0.2, 0.25) is 5.28 Å². The van der Waals surface area contributed by atoms with Gasteiger partial charge in [0.15, 0.2) is 0 Å². The molecular formula is C10H11ClN6O2. The Morgan fingerprint density at radius 2 is 2.37 bits per heavy atom. The summed E-state index contributed by atoms with van der Waals surface area (Å²) in [5.41, 5.74) is 0. The van der Waals surface area contributed by atoms with Gasteiger partial charge in [-0.2, -0.15) is 24.7 Å². The molecular weight excluding hydrogens is 272 g/mol. The first-order valence-electron chi connectivity index (χ1n) is 5.82. The van der Waals surface area contributed by atoms with Crippen LogP contribution in [0.25, 0.3) is 5.95 Å². The van der Waals surface area contributed by atoms with Gasteiger partial charge in [0.25, 0.3) is 5.95 Å². The summed E-state index contributed by atoms with van der Waals surface area (Å²) in [7, 11) is 0. The van der Waals surface area contributed by atoms with Gasteiger partial charge in [-0.05, 0) is 24.4 Å². The van der Waals surface area contributed by atoms with Crippen LogP contribution in [0.3, 0.4) is 0 Å². The lowest BCUT2D eigenvalue weighted by Crippen LogP contribution is -2.18. The highest BCUT2D eigenvalue weighted by atomic mass is 35.5. The maximum Gasteiger partial charge on any atom is 0.322 e. The lowest BCUT2D eigenvalue weighted by molar-refractivity contribution is 0.0644. The Kier molecular flexibility index (Phi) is 3.51. The topological polar surface area (TPSA) is 87.8 Å². The molecule has 1 unspecified atom stereocenters. The third-order valence-corrected chi connectivity index (χ3v) is 2.79. The number of ether oxygens (including phenoxy) is 2. The molecule has 2 aromatic heterocycles. The van der Waals surface area contributed by atoms with Gasteiger partial charge in [-0.15, -0.1) is 0 Å². The molecule has 8 nitrogen and oxygen atoms in total. The van der Waals surface area contributed by atoms with Crippen molar-refractivity contribution >= 4 is 11.6 Å². The molecule has 0 N–H and O–H groups in total. The minimum absolute atomic E-state index is 0.0443. The Balaban J connectivity index is 1.74. The zero-order valence-corrected chi connectivity index (χ0v) is 10.7. The first-order chi connectivity index (χ1) is 9.31. The van der Waals surface area contributed by atoms with Crippen LogP contribution in [-0.2, 0) is 4.74 Å². The van der Waals surface area contributed by atoms with Crippen molar-refractivity contribution in [3.05, 3.63) is 17.9 Å². The summed E-state index contributed by atoms with van der Waals surface area (Å²) in [6.45, 7) is 1.17. The highest BCUT2D eigenvalue weighted by Crippen LogP contribution is 2.15. The molecule has 2 aromatic rings. The first kappa shape index (κ1) is 12.2. The van der Waals surface area contributed by atoms with Crippen molar-refractivity contribution in [2.45, 2.75) is 18.9 Å². The van der Waals surface area contributed by atoms with Crippen molar-refractivity contribution < 1.29 is 9.47 Å². The fraction of sp³-hybridized carbons (Fsp3) is 0.500. The van der Waals surface area contributed by atoms with Gasteiger partial charge in [0, 0.05) is 6.61 Å². The highest BCUT2D eigenvalue weighted by Gasteiger charge is 2.17. The lowest BCUT2D eigenvalue weighted by atomic mass is 10.2. The summed E-state index contributed by atoms with van der Waals surface area (Å²) >= 11 is 5.83. The van der Waals surface area contributed by atoms with Crippen LogP contribution in [0.2, 0.25) is 5.28 Å². The van der Waals surface area contributed by atoms with E-state index in [4.69, 9.17) is 21.1 Å². The van der Waals surface area contributed by atoms with Crippen LogP contribution < -0.4 is 4.74 Å². The van der Waals surface area contributed by atoms with Gasteiger partial charge < -0.3 is 9.47 Å². The van der Waals surface area contributed by atoms with E-state index in [-0.39, 0.29) is 23.3 Å². The van der Waals surface area contributed by atoms with Crippen LogP contribution in [0, 0.1) is 0 Å². The van der Waals surface area contributed by atoms with Crippen LogP contribution in [0.4, 0.5) is 0 Å². The molecule has 9 heteroatoms.